The molecule has 92 valence electrons. The van der Waals surface area contributed by atoms with E-state index < -0.39 is 15.5 Å². The summed E-state index contributed by atoms with van der Waals surface area (Å²) in [7, 11) is -5.44. The lowest BCUT2D eigenvalue weighted by Crippen LogP contribution is -2.30. The molecule has 0 saturated heterocycles. The average Bonchev–Trinajstić information content (AvgIpc) is 2.51. The van der Waals surface area contributed by atoms with Crippen molar-refractivity contribution in [2.24, 2.45) is 0 Å². The van der Waals surface area contributed by atoms with E-state index in [1.54, 1.807) is 6.07 Å². The molecule has 0 N–H and O–H groups in total. The lowest BCUT2D eigenvalue weighted by molar-refractivity contribution is -0.0445. The molecule has 0 radical (unpaired) electrons. The van der Waals surface area contributed by atoms with Crippen LogP contribution in [-0.4, -0.2) is 22.9 Å². The van der Waals surface area contributed by atoms with Gasteiger partial charge in [0.05, 0.1) is 11.0 Å². The van der Waals surface area contributed by atoms with Gasteiger partial charge in [-0.05, 0) is 19.1 Å². The number of imidazole rings is 1. The fourth-order valence-corrected chi connectivity index (χ4v) is 2.54. The fraction of sp³-hybridized carbons (Fsp3) is 0.222. The average molecular weight is 264 g/mol. The molecule has 0 amide bonds. The summed E-state index contributed by atoms with van der Waals surface area (Å²) in [6.07, 6.45) is 0. The summed E-state index contributed by atoms with van der Waals surface area (Å²) in [6.45, 7) is 1.21. The van der Waals surface area contributed by atoms with Crippen molar-refractivity contribution in [2.75, 3.05) is 0 Å². The van der Waals surface area contributed by atoms with Crippen molar-refractivity contribution in [2.45, 2.75) is 12.4 Å². The monoisotopic (exact) mass is 264 g/mol. The van der Waals surface area contributed by atoms with Crippen LogP contribution in [0.3, 0.4) is 0 Å². The van der Waals surface area contributed by atoms with Gasteiger partial charge >= 0.3 is 15.5 Å². The van der Waals surface area contributed by atoms with Gasteiger partial charge < -0.3 is 0 Å². The van der Waals surface area contributed by atoms with E-state index in [0.717, 1.165) is 0 Å². The van der Waals surface area contributed by atoms with Crippen LogP contribution in [0.15, 0.2) is 24.3 Å². The number of nitrogens with zero attached hydrogens (tertiary/aromatic N) is 2. The van der Waals surface area contributed by atoms with Crippen molar-refractivity contribution in [3.63, 3.8) is 0 Å². The summed E-state index contributed by atoms with van der Waals surface area (Å²) in [5.41, 5.74) is -5.22. The molecule has 0 atom stereocenters. The molecular weight excluding hydrogens is 257 g/mol. The summed E-state index contributed by atoms with van der Waals surface area (Å²) in [5.74, 6) is -0.219. The van der Waals surface area contributed by atoms with Gasteiger partial charge in [0.1, 0.15) is 5.82 Å². The fourth-order valence-electron chi connectivity index (χ4n) is 1.53. The second kappa shape index (κ2) is 3.46. The summed E-state index contributed by atoms with van der Waals surface area (Å²) in [6, 6.07) is 5.74. The second-order valence-corrected chi connectivity index (χ2v) is 5.14. The Hall–Kier alpha value is -1.57. The number of para-hydroxylation sites is 2. The Labute approximate surface area is 94.7 Å². The largest absolute Gasteiger partial charge is 0.517 e. The molecule has 0 saturated carbocycles. The molecule has 4 nitrogen and oxygen atoms in total. The predicted molar refractivity (Wildman–Crippen MR) is 54.8 cm³/mol. The van der Waals surface area contributed by atoms with Crippen molar-refractivity contribution >= 4 is 21.1 Å². The minimum absolute atomic E-state index is 0.0812. The number of alkyl halides is 3. The third-order valence-corrected chi connectivity index (χ3v) is 3.74. The Balaban J connectivity index is 2.85. The molecule has 0 aliphatic carbocycles. The first-order chi connectivity index (χ1) is 7.75. The van der Waals surface area contributed by atoms with Crippen molar-refractivity contribution in [3.05, 3.63) is 30.1 Å². The van der Waals surface area contributed by atoms with Gasteiger partial charge in [-0.1, -0.05) is 12.1 Å². The van der Waals surface area contributed by atoms with Crippen LogP contribution in [0.2, 0.25) is 0 Å². The number of hydrogen-bond donors (Lipinski definition) is 0. The molecule has 1 aromatic heterocycles. The zero-order valence-electron chi connectivity index (χ0n) is 8.56. The Kier molecular flexibility index (Phi) is 2.42. The van der Waals surface area contributed by atoms with E-state index in [9.17, 15) is 21.6 Å². The molecule has 0 aliphatic heterocycles. The minimum Gasteiger partial charge on any atom is -0.232 e. The van der Waals surface area contributed by atoms with E-state index >= 15 is 0 Å². The van der Waals surface area contributed by atoms with Gasteiger partial charge in [-0.3, -0.25) is 0 Å². The summed E-state index contributed by atoms with van der Waals surface area (Å²) >= 11 is 0. The van der Waals surface area contributed by atoms with Gasteiger partial charge in [-0.2, -0.15) is 21.6 Å². The molecule has 0 fully saturated rings. The van der Waals surface area contributed by atoms with Crippen LogP contribution in [0.1, 0.15) is 5.82 Å². The Morgan fingerprint density at radius 3 is 2.41 bits per heavy atom. The molecule has 2 rings (SSSR count). The number of aromatic nitrogens is 2. The smallest absolute Gasteiger partial charge is 0.232 e. The maximum Gasteiger partial charge on any atom is 0.517 e. The van der Waals surface area contributed by atoms with Crippen LogP contribution in [-0.2, 0) is 10.0 Å². The lowest BCUT2D eigenvalue weighted by atomic mass is 10.3. The quantitative estimate of drug-likeness (QED) is 0.792. The first kappa shape index (κ1) is 11.9. The molecule has 8 heteroatoms. The van der Waals surface area contributed by atoms with Gasteiger partial charge in [0.15, 0.2) is 0 Å². The third kappa shape index (κ3) is 1.68. The number of rotatable bonds is 1. The van der Waals surface area contributed by atoms with Crippen LogP contribution in [0.5, 0.6) is 0 Å². The molecular formula is C9H7F3N2O2S. The lowest BCUT2D eigenvalue weighted by Gasteiger charge is -2.10. The Bertz CT molecular complexity index is 673. The predicted octanol–water partition coefficient (Wildman–Crippen LogP) is 2.04. The van der Waals surface area contributed by atoms with Crippen LogP contribution >= 0.6 is 0 Å². The van der Waals surface area contributed by atoms with Crippen molar-refractivity contribution in [3.8, 4) is 0 Å². The first-order valence-electron chi connectivity index (χ1n) is 4.51. The molecule has 0 aliphatic rings. The number of fused-ring (bicyclic) bond motifs is 1. The molecule has 0 unspecified atom stereocenters. The molecule has 1 heterocycles. The maximum atomic E-state index is 12.5. The van der Waals surface area contributed by atoms with Gasteiger partial charge in [0, 0.05) is 0 Å². The van der Waals surface area contributed by atoms with E-state index in [0.29, 0.717) is 0 Å². The summed E-state index contributed by atoms with van der Waals surface area (Å²) in [4.78, 5) is 3.78. The number of hydrogen-bond acceptors (Lipinski definition) is 3. The van der Waals surface area contributed by atoms with Gasteiger partial charge in [-0.15, -0.1) is 0 Å². The van der Waals surface area contributed by atoms with Crippen molar-refractivity contribution in [1.82, 2.24) is 8.96 Å². The third-order valence-electron chi connectivity index (χ3n) is 2.21. The Morgan fingerprint density at radius 2 is 1.82 bits per heavy atom. The highest BCUT2D eigenvalue weighted by atomic mass is 32.2. The summed E-state index contributed by atoms with van der Waals surface area (Å²) in [5, 5.41) is 0. The van der Waals surface area contributed by atoms with E-state index in [1.165, 1.54) is 25.1 Å². The molecule has 0 spiro atoms. The standard InChI is InChI=1S/C9H7F3N2O2S/c1-6-13-7-4-2-3-5-8(7)14(6)17(15,16)9(10,11)12/h2-5H,1H3. The van der Waals surface area contributed by atoms with E-state index in [2.05, 4.69) is 4.98 Å². The first-order valence-corrected chi connectivity index (χ1v) is 5.95. The highest BCUT2D eigenvalue weighted by molar-refractivity contribution is 7.91. The SMILES string of the molecule is Cc1nc2ccccc2n1S(=O)(=O)C(F)(F)F. The summed E-state index contributed by atoms with van der Waals surface area (Å²) < 4.78 is 60.3. The van der Waals surface area contributed by atoms with Crippen molar-refractivity contribution < 1.29 is 21.6 Å². The van der Waals surface area contributed by atoms with Crippen LogP contribution in [0, 0.1) is 6.92 Å². The van der Waals surface area contributed by atoms with Crippen LogP contribution < -0.4 is 0 Å². The van der Waals surface area contributed by atoms with Gasteiger partial charge in [0.25, 0.3) is 0 Å². The number of aryl methyl sites for hydroxylation is 1. The number of halogens is 3. The topological polar surface area (TPSA) is 52.0 Å². The minimum atomic E-state index is -5.44. The van der Waals surface area contributed by atoms with E-state index in [-0.39, 0.29) is 20.8 Å². The van der Waals surface area contributed by atoms with E-state index in [4.69, 9.17) is 0 Å². The second-order valence-electron chi connectivity index (χ2n) is 3.36. The normalized spacial score (nSPS) is 13.2. The maximum absolute atomic E-state index is 12.5. The molecule has 2 aromatic rings. The Morgan fingerprint density at radius 1 is 1.24 bits per heavy atom. The molecule has 17 heavy (non-hydrogen) atoms. The zero-order chi connectivity index (χ0) is 12.8. The van der Waals surface area contributed by atoms with Gasteiger partial charge in [-0.25, -0.2) is 8.96 Å². The van der Waals surface area contributed by atoms with Crippen LogP contribution in [0.25, 0.3) is 11.0 Å². The highest BCUT2D eigenvalue weighted by Crippen LogP contribution is 2.29. The number of benzene rings is 1. The van der Waals surface area contributed by atoms with Crippen molar-refractivity contribution in [1.29, 1.82) is 0 Å². The highest BCUT2D eigenvalue weighted by Gasteiger charge is 2.48. The zero-order valence-corrected chi connectivity index (χ0v) is 9.38. The molecule has 0 bridgehead atoms. The van der Waals surface area contributed by atoms with Crippen LogP contribution in [0.4, 0.5) is 13.2 Å². The van der Waals surface area contributed by atoms with Gasteiger partial charge in [0.2, 0.25) is 0 Å². The molecule has 1 aromatic carbocycles. The van der Waals surface area contributed by atoms with E-state index in [1.807, 2.05) is 0 Å².